The topological polar surface area (TPSA) is 61.4 Å². The normalized spacial score (nSPS) is 23.4. The van der Waals surface area contributed by atoms with Gasteiger partial charge < -0.3 is 15.5 Å². The van der Waals surface area contributed by atoms with Crippen LogP contribution in [-0.4, -0.2) is 42.9 Å². The van der Waals surface area contributed by atoms with Gasteiger partial charge >= 0.3 is 0 Å². The third-order valence-electron chi connectivity index (χ3n) is 6.00. The number of fused-ring (bicyclic) bond motifs is 1. The molecule has 0 radical (unpaired) electrons. The Bertz CT molecular complexity index is 658. The van der Waals surface area contributed by atoms with E-state index < -0.39 is 0 Å². The maximum absolute atomic E-state index is 12.4. The van der Waals surface area contributed by atoms with E-state index in [2.05, 4.69) is 22.8 Å². The second-order valence-electron chi connectivity index (χ2n) is 7.42. The lowest BCUT2D eigenvalue weighted by atomic mass is 9.92. The zero-order chi connectivity index (χ0) is 16.6. The van der Waals surface area contributed by atoms with Crippen molar-refractivity contribution in [3.63, 3.8) is 0 Å². The number of nitrogens with one attached hydrogen (secondary N) is 2. The van der Waals surface area contributed by atoms with Gasteiger partial charge in [0.25, 0.3) is 0 Å². The number of hydrogen-bond acceptors (Lipinski definition) is 3. The van der Waals surface area contributed by atoms with E-state index in [4.69, 9.17) is 0 Å². The smallest absolute Gasteiger partial charge is 0.242 e. The highest BCUT2D eigenvalue weighted by atomic mass is 35.5. The highest BCUT2D eigenvalue weighted by Crippen LogP contribution is 2.58. The average molecular weight is 364 g/mol. The first kappa shape index (κ1) is 18.2. The summed E-state index contributed by atoms with van der Waals surface area (Å²) in [5, 5.41) is 6.24. The fourth-order valence-corrected chi connectivity index (χ4v) is 4.30. The van der Waals surface area contributed by atoms with Gasteiger partial charge in [-0.3, -0.25) is 9.59 Å². The molecule has 1 aromatic carbocycles. The Balaban J connectivity index is 0.00000182. The van der Waals surface area contributed by atoms with Crippen LogP contribution in [0.1, 0.15) is 30.4 Å². The summed E-state index contributed by atoms with van der Waals surface area (Å²) in [6.45, 7) is 3.55. The van der Waals surface area contributed by atoms with Crippen molar-refractivity contribution in [3.05, 3.63) is 35.4 Å². The van der Waals surface area contributed by atoms with Crippen molar-refractivity contribution in [2.45, 2.75) is 32.2 Å². The standard InChI is InChI=1S/C19H25N3O2.ClH/c23-17(22-10-5-14-3-1-2-4-15(14)13-22)12-21-18(24)16-11-19(16)6-8-20-9-7-19;/h1-4,16,20H,5-13H2,(H,21,24);1H. The van der Waals surface area contributed by atoms with E-state index >= 15 is 0 Å². The Kier molecular flexibility index (Phi) is 5.35. The van der Waals surface area contributed by atoms with E-state index in [1.807, 2.05) is 17.0 Å². The fourth-order valence-electron chi connectivity index (χ4n) is 4.30. The lowest BCUT2D eigenvalue weighted by Crippen LogP contribution is -2.43. The van der Waals surface area contributed by atoms with Gasteiger partial charge in [-0.25, -0.2) is 0 Å². The van der Waals surface area contributed by atoms with E-state index in [-0.39, 0.29) is 42.1 Å². The molecular weight excluding hydrogens is 338 g/mol. The van der Waals surface area contributed by atoms with E-state index in [1.54, 1.807) is 0 Å². The number of amides is 2. The zero-order valence-electron chi connectivity index (χ0n) is 14.4. The van der Waals surface area contributed by atoms with Crippen LogP contribution in [0.2, 0.25) is 0 Å². The van der Waals surface area contributed by atoms with Crippen molar-refractivity contribution in [1.82, 2.24) is 15.5 Å². The van der Waals surface area contributed by atoms with Crippen molar-refractivity contribution < 1.29 is 9.59 Å². The number of piperidine rings is 1. The van der Waals surface area contributed by atoms with Crippen LogP contribution in [0.3, 0.4) is 0 Å². The van der Waals surface area contributed by atoms with Crippen molar-refractivity contribution in [1.29, 1.82) is 0 Å². The molecule has 1 atom stereocenters. The lowest BCUT2D eigenvalue weighted by molar-refractivity contribution is -0.134. The van der Waals surface area contributed by atoms with Crippen LogP contribution in [-0.2, 0) is 22.6 Å². The van der Waals surface area contributed by atoms with E-state index in [0.717, 1.165) is 45.3 Å². The van der Waals surface area contributed by atoms with Crippen molar-refractivity contribution in [3.8, 4) is 0 Å². The molecule has 0 bridgehead atoms. The summed E-state index contributed by atoms with van der Waals surface area (Å²) in [5.41, 5.74) is 2.78. The molecule has 3 aliphatic rings. The maximum atomic E-state index is 12.4. The van der Waals surface area contributed by atoms with Crippen LogP contribution in [0.25, 0.3) is 0 Å². The molecule has 1 aliphatic carbocycles. The Labute approximate surface area is 154 Å². The number of halogens is 1. The maximum Gasteiger partial charge on any atom is 0.242 e. The second kappa shape index (κ2) is 7.34. The highest BCUT2D eigenvalue weighted by molar-refractivity contribution is 5.88. The van der Waals surface area contributed by atoms with E-state index in [0.29, 0.717) is 6.54 Å². The van der Waals surface area contributed by atoms with Crippen LogP contribution in [0.15, 0.2) is 24.3 Å². The largest absolute Gasteiger partial charge is 0.347 e. The second-order valence-corrected chi connectivity index (χ2v) is 7.42. The van der Waals surface area contributed by atoms with Gasteiger partial charge in [-0.2, -0.15) is 0 Å². The molecule has 1 saturated carbocycles. The van der Waals surface area contributed by atoms with Gasteiger partial charge in [0.15, 0.2) is 0 Å². The summed E-state index contributed by atoms with van der Waals surface area (Å²) in [4.78, 5) is 26.6. The average Bonchev–Trinajstić information content (AvgIpc) is 3.32. The van der Waals surface area contributed by atoms with Crippen LogP contribution in [0, 0.1) is 11.3 Å². The SMILES string of the molecule is Cl.O=C(NCC(=O)N1CCc2ccccc2C1)C1CC12CCNCC2. The summed E-state index contributed by atoms with van der Waals surface area (Å²) < 4.78 is 0. The van der Waals surface area contributed by atoms with Crippen LogP contribution in [0.4, 0.5) is 0 Å². The lowest BCUT2D eigenvalue weighted by Gasteiger charge is -2.29. The summed E-state index contributed by atoms with van der Waals surface area (Å²) in [6, 6.07) is 8.27. The highest BCUT2D eigenvalue weighted by Gasteiger charge is 2.57. The first-order valence-electron chi connectivity index (χ1n) is 9.01. The summed E-state index contributed by atoms with van der Waals surface area (Å²) >= 11 is 0. The van der Waals surface area contributed by atoms with Gasteiger partial charge in [-0.15, -0.1) is 12.4 Å². The fraction of sp³-hybridized carbons (Fsp3) is 0.579. The molecule has 1 unspecified atom stereocenters. The number of benzene rings is 1. The van der Waals surface area contributed by atoms with Gasteiger partial charge in [0.1, 0.15) is 0 Å². The summed E-state index contributed by atoms with van der Waals surface area (Å²) in [7, 11) is 0. The zero-order valence-corrected chi connectivity index (χ0v) is 15.2. The van der Waals surface area contributed by atoms with E-state index in [9.17, 15) is 9.59 Å². The Morgan fingerprint density at radius 3 is 2.68 bits per heavy atom. The van der Waals surface area contributed by atoms with Gasteiger partial charge in [0.05, 0.1) is 6.54 Å². The van der Waals surface area contributed by atoms with Gasteiger partial charge in [-0.05, 0) is 55.3 Å². The number of carbonyl (C=O) groups is 2. The van der Waals surface area contributed by atoms with Crippen LogP contribution < -0.4 is 10.6 Å². The molecule has 0 aromatic heterocycles. The Morgan fingerprint density at radius 2 is 1.92 bits per heavy atom. The van der Waals surface area contributed by atoms with Crippen molar-refractivity contribution >= 4 is 24.2 Å². The third kappa shape index (κ3) is 3.67. The predicted octanol–water partition coefficient (Wildman–Crippen LogP) is 1.50. The summed E-state index contributed by atoms with van der Waals surface area (Å²) in [6.07, 6.45) is 4.06. The molecule has 2 heterocycles. The first-order valence-corrected chi connectivity index (χ1v) is 9.01. The molecule has 2 amide bonds. The number of nitrogens with zero attached hydrogens (tertiary/aromatic N) is 1. The third-order valence-corrected chi connectivity index (χ3v) is 6.00. The first-order chi connectivity index (χ1) is 11.7. The molecule has 5 nitrogen and oxygen atoms in total. The molecule has 2 fully saturated rings. The Hall–Kier alpha value is -1.59. The molecular formula is C19H26ClN3O2. The quantitative estimate of drug-likeness (QED) is 0.855. The van der Waals surface area contributed by atoms with Crippen molar-refractivity contribution in [2.24, 2.45) is 11.3 Å². The molecule has 2 N–H and O–H groups in total. The van der Waals surface area contributed by atoms with Gasteiger partial charge in [0.2, 0.25) is 11.8 Å². The molecule has 25 heavy (non-hydrogen) atoms. The molecule has 6 heteroatoms. The van der Waals surface area contributed by atoms with Crippen LogP contribution in [0.5, 0.6) is 0 Å². The molecule has 1 spiro atoms. The monoisotopic (exact) mass is 363 g/mol. The van der Waals surface area contributed by atoms with Gasteiger partial charge in [-0.1, -0.05) is 24.3 Å². The molecule has 2 aliphatic heterocycles. The number of hydrogen-bond donors (Lipinski definition) is 2. The minimum atomic E-state index is 0. The van der Waals surface area contributed by atoms with Crippen molar-refractivity contribution in [2.75, 3.05) is 26.2 Å². The summed E-state index contributed by atoms with van der Waals surface area (Å²) in [5.74, 6) is 0.218. The van der Waals surface area contributed by atoms with Crippen LogP contribution >= 0.6 is 12.4 Å². The molecule has 1 aromatic rings. The Morgan fingerprint density at radius 1 is 1.20 bits per heavy atom. The molecule has 1 saturated heterocycles. The van der Waals surface area contributed by atoms with E-state index in [1.165, 1.54) is 11.1 Å². The predicted molar refractivity (Wildman–Crippen MR) is 98.5 cm³/mol. The minimum Gasteiger partial charge on any atom is -0.347 e. The molecule has 136 valence electrons. The molecule has 4 rings (SSSR count). The number of rotatable bonds is 3. The minimum absolute atomic E-state index is 0. The number of carbonyl (C=O) groups excluding carboxylic acids is 2. The van der Waals surface area contributed by atoms with Gasteiger partial charge in [0, 0.05) is 19.0 Å².